The Morgan fingerprint density at radius 1 is 0.971 bits per heavy atom. The Hall–Kier alpha value is -2.75. The number of nitrogens with zero attached hydrogens (tertiary/aromatic N) is 4. The first kappa shape index (κ1) is 24.0. The molecule has 9 heteroatoms. The lowest BCUT2D eigenvalue weighted by Gasteiger charge is -2.33. The zero-order valence-corrected chi connectivity index (χ0v) is 21.0. The summed E-state index contributed by atoms with van der Waals surface area (Å²) in [5.41, 5.74) is 2.83. The summed E-state index contributed by atoms with van der Waals surface area (Å²) < 4.78 is 33.9. The third-order valence-corrected chi connectivity index (χ3v) is 8.98. The molecular weight excluding hydrogens is 464 g/mol. The van der Waals surface area contributed by atoms with E-state index in [1.54, 1.807) is 16.4 Å². The number of carbonyl (C=O) groups is 1. The van der Waals surface area contributed by atoms with E-state index in [2.05, 4.69) is 9.88 Å². The predicted octanol–water partition coefficient (Wildman–Crippen LogP) is 3.52. The van der Waals surface area contributed by atoms with Gasteiger partial charge in [-0.2, -0.15) is 4.31 Å². The summed E-state index contributed by atoms with van der Waals surface area (Å²) in [4.78, 5) is 21.9. The molecule has 2 saturated heterocycles. The van der Waals surface area contributed by atoms with Gasteiger partial charge in [-0.1, -0.05) is 25.1 Å². The average Bonchev–Trinajstić information content (AvgIpc) is 3.30. The Morgan fingerprint density at radius 2 is 1.71 bits per heavy atom. The van der Waals surface area contributed by atoms with E-state index in [4.69, 9.17) is 4.42 Å². The van der Waals surface area contributed by atoms with Crippen LogP contribution in [0.25, 0.3) is 11.1 Å². The second kappa shape index (κ2) is 10.1. The van der Waals surface area contributed by atoms with Gasteiger partial charge in [0.1, 0.15) is 5.52 Å². The van der Waals surface area contributed by atoms with Gasteiger partial charge in [0, 0.05) is 44.8 Å². The van der Waals surface area contributed by atoms with Gasteiger partial charge in [0.25, 0.3) is 5.91 Å². The van der Waals surface area contributed by atoms with Gasteiger partial charge in [-0.25, -0.2) is 13.4 Å². The van der Waals surface area contributed by atoms with Crippen LogP contribution < -0.4 is 0 Å². The first-order valence-electron chi connectivity index (χ1n) is 12.4. The molecule has 5 rings (SSSR count). The maximum absolute atomic E-state index is 13.2. The Morgan fingerprint density at radius 3 is 2.46 bits per heavy atom. The number of rotatable bonds is 6. The number of amides is 1. The van der Waals surface area contributed by atoms with Crippen molar-refractivity contribution < 1.29 is 17.6 Å². The van der Waals surface area contributed by atoms with E-state index in [1.165, 1.54) is 6.42 Å². The van der Waals surface area contributed by atoms with Crippen molar-refractivity contribution in [2.45, 2.75) is 44.0 Å². The molecule has 2 aromatic carbocycles. The first-order chi connectivity index (χ1) is 17.0. The summed E-state index contributed by atoms with van der Waals surface area (Å²) >= 11 is 0. The number of hydrogen-bond acceptors (Lipinski definition) is 6. The summed E-state index contributed by atoms with van der Waals surface area (Å²) in [6, 6.07) is 12.7. The molecule has 35 heavy (non-hydrogen) atoms. The maximum atomic E-state index is 13.2. The van der Waals surface area contributed by atoms with E-state index in [0.29, 0.717) is 66.6 Å². The zero-order chi connectivity index (χ0) is 24.4. The van der Waals surface area contributed by atoms with Crippen LogP contribution in [0.5, 0.6) is 0 Å². The largest absolute Gasteiger partial charge is 0.439 e. The molecular formula is C26H32N4O4S. The monoisotopic (exact) mass is 496 g/mol. The lowest BCUT2D eigenvalue weighted by molar-refractivity contribution is 0.0724. The van der Waals surface area contributed by atoms with Crippen molar-refractivity contribution in [2.24, 2.45) is 0 Å². The van der Waals surface area contributed by atoms with Gasteiger partial charge >= 0.3 is 0 Å². The number of aryl methyl sites for hydroxylation is 1. The molecule has 8 nitrogen and oxygen atoms in total. The van der Waals surface area contributed by atoms with Crippen LogP contribution in [0.4, 0.5) is 0 Å². The van der Waals surface area contributed by atoms with E-state index < -0.39 is 10.0 Å². The highest BCUT2D eigenvalue weighted by Crippen LogP contribution is 2.24. The number of likely N-dealkylation sites (tertiary alicyclic amines) is 1. The minimum Gasteiger partial charge on any atom is -0.439 e. The SMILES string of the molecule is CCc1ccccc1S(=O)(=O)N1CCN(Cc2nc3cc(C(=O)N4CCCCC4)ccc3o2)CC1. The summed E-state index contributed by atoms with van der Waals surface area (Å²) in [5.74, 6) is 0.633. The Bertz CT molecular complexity index is 1310. The molecule has 3 aromatic rings. The van der Waals surface area contributed by atoms with E-state index >= 15 is 0 Å². The second-order valence-electron chi connectivity index (χ2n) is 9.28. The number of piperazine rings is 1. The fraction of sp³-hybridized carbons (Fsp3) is 0.462. The number of oxazole rings is 1. The number of piperidine rings is 1. The van der Waals surface area contributed by atoms with E-state index in [0.717, 1.165) is 31.5 Å². The smallest absolute Gasteiger partial charge is 0.253 e. The standard InChI is InChI=1S/C26H32N4O4S/c1-2-20-8-4-5-9-24(20)35(32,33)30-16-14-28(15-17-30)19-25-27-22-18-21(10-11-23(22)34-25)26(31)29-12-6-3-7-13-29/h4-5,8-11,18H,2-3,6-7,12-17,19H2,1H3. The number of carbonyl (C=O) groups excluding carboxylic acids is 1. The average molecular weight is 497 g/mol. The lowest BCUT2D eigenvalue weighted by Crippen LogP contribution is -2.48. The van der Waals surface area contributed by atoms with Gasteiger partial charge in [0.2, 0.25) is 15.9 Å². The van der Waals surface area contributed by atoms with Gasteiger partial charge in [-0.15, -0.1) is 0 Å². The zero-order valence-electron chi connectivity index (χ0n) is 20.1. The molecule has 1 aromatic heterocycles. The van der Waals surface area contributed by atoms with E-state index in [-0.39, 0.29) is 5.91 Å². The van der Waals surface area contributed by atoms with E-state index in [9.17, 15) is 13.2 Å². The quantitative estimate of drug-likeness (QED) is 0.519. The molecule has 0 N–H and O–H groups in total. The third kappa shape index (κ3) is 4.98. The Kier molecular flexibility index (Phi) is 6.91. The fourth-order valence-corrected chi connectivity index (χ4v) is 6.68. The minimum absolute atomic E-state index is 0.0538. The van der Waals surface area contributed by atoms with Crippen molar-refractivity contribution in [2.75, 3.05) is 39.3 Å². The van der Waals surface area contributed by atoms with Gasteiger partial charge in [0.05, 0.1) is 11.4 Å². The van der Waals surface area contributed by atoms with Gasteiger partial charge in [-0.05, 0) is 55.5 Å². The highest BCUT2D eigenvalue weighted by molar-refractivity contribution is 7.89. The molecule has 0 bridgehead atoms. The molecule has 3 heterocycles. The van der Waals surface area contributed by atoms with Crippen molar-refractivity contribution in [1.29, 1.82) is 0 Å². The molecule has 2 aliphatic rings. The Balaban J connectivity index is 1.23. The van der Waals surface area contributed by atoms with Crippen LogP contribution in [0.1, 0.15) is 48.0 Å². The second-order valence-corrected chi connectivity index (χ2v) is 11.2. The summed E-state index contributed by atoms with van der Waals surface area (Å²) in [6.45, 7) is 6.15. The van der Waals surface area contributed by atoms with Gasteiger partial charge < -0.3 is 9.32 Å². The van der Waals surface area contributed by atoms with Crippen molar-refractivity contribution in [3.63, 3.8) is 0 Å². The molecule has 2 aliphatic heterocycles. The normalized spacial score (nSPS) is 18.3. The summed E-state index contributed by atoms with van der Waals surface area (Å²) in [7, 11) is -3.51. The van der Waals surface area contributed by atoms with Crippen molar-refractivity contribution in [1.82, 2.24) is 19.1 Å². The lowest BCUT2D eigenvalue weighted by atomic mass is 10.1. The summed E-state index contributed by atoms with van der Waals surface area (Å²) in [5, 5.41) is 0. The third-order valence-electron chi connectivity index (χ3n) is 6.98. The molecule has 0 spiro atoms. The Labute approximate surface area is 206 Å². The number of benzene rings is 2. The number of fused-ring (bicyclic) bond motifs is 1. The molecule has 0 radical (unpaired) electrons. The molecule has 186 valence electrons. The predicted molar refractivity (Wildman–Crippen MR) is 134 cm³/mol. The maximum Gasteiger partial charge on any atom is 0.253 e. The topological polar surface area (TPSA) is 87.0 Å². The number of aromatic nitrogens is 1. The van der Waals surface area contributed by atoms with Crippen molar-refractivity contribution in [3.05, 3.63) is 59.5 Å². The molecule has 0 saturated carbocycles. The van der Waals surface area contributed by atoms with Crippen LogP contribution in [0, 0.1) is 0 Å². The van der Waals surface area contributed by atoms with Crippen LogP contribution in [-0.2, 0) is 23.0 Å². The molecule has 0 unspecified atom stereocenters. The van der Waals surface area contributed by atoms with Crippen LogP contribution in [0.3, 0.4) is 0 Å². The van der Waals surface area contributed by atoms with Crippen LogP contribution in [0.2, 0.25) is 0 Å². The fourth-order valence-electron chi connectivity index (χ4n) is 4.96. The highest BCUT2D eigenvalue weighted by atomic mass is 32.2. The molecule has 0 atom stereocenters. The molecule has 1 amide bonds. The van der Waals surface area contributed by atoms with Crippen LogP contribution in [-0.4, -0.2) is 72.7 Å². The van der Waals surface area contributed by atoms with Crippen LogP contribution >= 0.6 is 0 Å². The van der Waals surface area contributed by atoms with E-state index in [1.807, 2.05) is 42.2 Å². The highest BCUT2D eigenvalue weighted by Gasteiger charge is 2.30. The molecule has 0 aliphatic carbocycles. The first-order valence-corrected chi connectivity index (χ1v) is 13.9. The van der Waals surface area contributed by atoms with Crippen molar-refractivity contribution >= 4 is 27.0 Å². The minimum atomic E-state index is -3.51. The molecule has 2 fully saturated rings. The summed E-state index contributed by atoms with van der Waals surface area (Å²) in [6.07, 6.45) is 3.98. The van der Waals surface area contributed by atoms with Gasteiger partial charge in [-0.3, -0.25) is 9.69 Å². The number of hydrogen-bond donors (Lipinski definition) is 0. The van der Waals surface area contributed by atoms with Crippen LogP contribution in [0.15, 0.2) is 51.8 Å². The van der Waals surface area contributed by atoms with Gasteiger partial charge in [0.15, 0.2) is 5.58 Å². The number of sulfonamides is 1. The van der Waals surface area contributed by atoms with Crippen molar-refractivity contribution in [3.8, 4) is 0 Å².